The third-order valence-electron chi connectivity index (χ3n) is 5.44. The van der Waals surface area contributed by atoms with Crippen LogP contribution in [0.3, 0.4) is 0 Å². The van der Waals surface area contributed by atoms with E-state index < -0.39 is 5.91 Å². The molecule has 1 fully saturated rings. The first-order valence-corrected chi connectivity index (χ1v) is 11.3. The molecular formula is C20H30N6O4S. The van der Waals surface area contributed by atoms with Crippen molar-refractivity contribution in [3.05, 3.63) is 23.3 Å². The first kappa shape index (κ1) is 23.4. The fraction of sp³-hybridized carbons (Fsp3) is 0.500. The second-order valence-corrected chi connectivity index (χ2v) is 8.21. The highest BCUT2D eigenvalue weighted by molar-refractivity contribution is 7.98. The van der Waals surface area contributed by atoms with Gasteiger partial charge in [0.2, 0.25) is 11.8 Å². The van der Waals surface area contributed by atoms with Crippen molar-refractivity contribution in [1.29, 1.82) is 0 Å². The van der Waals surface area contributed by atoms with Crippen LogP contribution in [-0.2, 0) is 27.5 Å². The molecule has 2 heterocycles. The number of benzene rings is 1. The van der Waals surface area contributed by atoms with E-state index in [1.165, 1.54) is 5.56 Å². The number of aromatic hydroxyl groups is 1. The van der Waals surface area contributed by atoms with Gasteiger partial charge in [-0.1, -0.05) is 0 Å². The minimum Gasteiger partial charge on any atom is -0.508 e. The molecule has 31 heavy (non-hydrogen) atoms. The zero-order chi connectivity index (χ0) is 22.4. The van der Waals surface area contributed by atoms with Gasteiger partial charge in [-0.25, -0.2) is 5.90 Å². The Bertz CT molecular complexity index is 926. The Morgan fingerprint density at radius 1 is 1.26 bits per heavy atom. The van der Waals surface area contributed by atoms with Crippen LogP contribution in [0.4, 0.5) is 0 Å². The van der Waals surface area contributed by atoms with Crippen molar-refractivity contribution in [2.75, 3.05) is 52.6 Å². The molecule has 1 aliphatic rings. The van der Waals surface area contributed by atoms with Crippen molar-refractivity contribution in [2.45, 2.75) is 18.1 Å². The number of amides is 2. The van der Waals surface area contributed by atoms with Crippen LogP contribution >= 0.6 is 11.8 Å². The minimum atomic E-state index is -0.425. The van der Waals surface area contributed by atoms with E-state index in [1.807, 2.05) is 19.4 Å². The Morgan fingerprint density at radius 2 is 2.00 bits per heavy atom. The van der Waals surface area contributed by atoms with Gasteiger partial charge in [0.05, 0.1) is 17.1 Å². The Hall–Kier alpha value is -2.31. The highest BCUT2D eigenvalue weighted by Gasteiger charge is 2.23. The molecule has 1 aliphatic heterocycles. The number of rotatable bonds is 9. The van der Waals surface area contributed by atoms with Crippen LogP contribution in [0.5, 0.6) is 5.75 Å². The molecule has 2 aromatic rings. The number of phenolic OH excluding ortho intramolecular Hbond substituents is 1. The van der Waals surface area contributed by atoms with Gasteiger partial charge in [0, 0.05) is 55.8 Å². The van der Waals surface area contributed by atoms with Crippen molar-refractivity contribution in [1.82, 2.24) is 25.4 Å². The number of aromatic nitrogens is 1. The topological polar surface area (TPSA) is 136 Å². The van der Waals surface area contributed by atoms with Gasteiger partial charge >= 0.3 is 0 Å². The highest BCUT2D eigenvalue weighted by atomic mass is 32.2. The van der Waals surface area contributed by atoms with Gasteiger partial charge in [-0.05, 0) is 25.4 Å². The molecule has 2 amide bonds. The lowest BCUT2D eigenvalue weighted by atomic mass is 10.1. The molecule has 0 spiro atoms. The van der Waals surface area contributed by atoms with E-state index in [0.717, 1.165) is 28.0 Å². The van der Waals surface area contributed by atoms with E-state index in [2.05, 4.69) is 25.4 Å². The second-order valence-electron chi connectivity index (χ2n) is 7.40. The largest absolute Gasteiger partial charge is 0.508 e. The monoisotopic (exact) mass is 450 g/mol. The van der Waals surface area contributed by atoms with E-state index >= 15 is 0 Å². The quantitative estimate of drug-likeness (QED) is 0.265. The summed E-state index contributed by atoms with van der Waals surface area (Å²) in [5, 5.41) is 18.5. The maximum Gasteiger partial charge on any atom is 0.248 e. The third kappa shape index (κ3) is 5.49. The average Bonchev–Trinajstić information content (AvgIpc) is 3.13. The smallest absolute Gasteiger partial charge is 0.248 e. The van der Waals surface area contributed by atoms with Gasteiger partial charge in [-0.3, -0.25) is 19.3 Å². The molecule has 0 atom stereocenters. The molecule has 11 heteroatoms. The number of nitrogens with one attached hydrogen (secondary N) is 3. The van der Waals surface area contributed by atoms with Gasteiger partial charge in [0.1, 0.15) is 12.4 Å². The van der Waals surface area contributed by atoms with Crippen molar-refractivity contribution >= 4 is 34.5 Å². The molecule has 1 saturated heterocycles. The normalized spacial score (nSPS) is 14.9. The molecule has 1 aromatic heterocycles. The number of nitrogens with zero attached hydrogens (tertiary/aromatic N) is 2. The Morgan fingerprint density at radius 3 is 2.65 bits per heavy atom. The highest BCUT2D eigenvalue weighted by Crippen LogP contribution is 2.35. The maximum atomic E-state index is 12.3. The number of nitrogens with two attached hydrogens (primary N) is 1. The number of hydrogen-bond donors (Lipinski definition) is 5. The van der Waals surface area contributed by atoms with Crippen LogP contribution in [0.2, 0.25) is 0 Å². The second kappa shape index (κ2) is 10.8. The van der Waals surface area contributed by atoms with Crippen molar-refractivity contribution in [3.8, 4) is 5.75 Å². The van der Waals surface area contributed by atoms with Crippen LogP contribution < -0.4 is 16.5 Å². The predicted molar refractivity (Wildman–Crippen MR) is 120 cm³/mol. The zero-order valence-electron chi connectivity index (χ0n) is 17.9. The lowest BCUT2D eigenvalue weighted by Crippen LogP contribution is -2.51. The average molecular weight is 451 g/mol. The van der Waals surface area contributed by atoms with Crippen molar-refractivity contribution < 1.29 is 19.5 Å². The van der Waals surface area contributed by atoms with Crippen molar-refractivity contribution in [3.63, 3.8) is 0 Å². The number of thioether (sulfide) groups is 1. The van der Waals surface area contributed by atoms with Crippen LogP contribution in [0.15, 0.2) is 17.2 Å². The number of piperazine rings is 1. The fourth-order valence-corrected chi connectivity index (χ4v) is 4.45. The molecule has 3 rings (SSSR count). The summed E-state index contributed by atoms with van der Waals surface area (Å²) < 4.78 is 0. The van der Waals surface area contributed by atoms with Gasteiger partial charge < -0.3 is 25.6 Å². The molecule has 170 valence electrons. The summed E-state index contributed by atoms with van der Waals surface area (Å²) in [4.78, 5) is 35.4. The molecule has 0 bridgehead atoms. The van der Waals surface area contributed by atoms with E-state index in [9.17, 15) is 14.7 Å². The summed E-state index contributed by atoms with van der Waals surface area (Å²) >= 11 is 1.66. The number of fused-ring (bicyclic) bond motifs is 1. The third-order valence-corrected chi connectivity index (χ3v) is 6.20. The molecule has 0 aliphatic carbocycles. The SMILES string of the molecule is CNCc1c(SC)[nH]c2c(CN3CCN(C(=O)CNC(=O)CON)CC3)c(O)ccc12. The summed E-state index contributed by atoms with van der Waals surface area (Å²) in [6.45, 7) is 3.47. The summed E-state index contributed by atoms with van der Waals surface area (Å²) in [5.74, 6) is 4.55. The number of carbonyl (C=O) groups excluding carboxylic acids is 2. The number of H-pyrrole nitrogens is 1. The molecule has 0 unspecified atom stereocenters. The molecule has 0 radical (unpaired) electrons. The number of carbonyl (C=O) groups is 2. The lowest BCUT2D eigenvalue weighted by molar-refractivity contribution is -0.135. The van der Waals surface area contributed by atoms with Crippen LogP contribution in [0.1, 0.15) is 11.1 Å². The van der Waals surface area contributed by atoms with Gasteiger partial charge in [0.15, 0.2) is 0 Å². The molecule has 1 aromatic carbocycles. The van der Waals surface area contributed by atoms with Gasteiger partial charge in [-0.2, -0.15) is 0 Å². The Labute approximate surface area is 185 Å². The Kier molecular flexibility index (Phi) is 8.15. The summed E-state index contributed by atoms with van der Waals surface area (Å²) in [6, 6.07) is 3.71. The fourth-order valence-electron chi connectivity index (χ4n) is 3.82. The molecular weight excluding hydrogens is 420 g/mol. The minimum absolute atomic E-state index is 0.0729. The Balaban J connectivity index is 1.64. The molecule has 6 N–H and O–H groups in total. The van der Waals surface area contributed by atoms with E-state index in [4.69, 9.17) is 5.90 Å². The van der Waals surface area contributed by atoms with E-state index in [1.54, 1.807) is 22.7 Å². The van der Waals surface area contributed by atoms with Crippen LogP contribution in [0, 0.1) is 0 Å². The van der Waals surface area contributed by atoms with Gasteiger partial charge in [0.25, 0.3) is 0 Å². The molecule has 10 nitrogen and oxygen atoms in total. The van der Waals surface area contributed by atoms with E-state index in [0.29, 0.717) is 32.7 Å². The van der Waals surface area contributed by atoms with Gasteiger partial charge in [-0.15, -0.1) is 11.8 Å². The first-order chi connectivity index (χ1) is 15.0. The number of hydrogen-bond acceptors (Lipinski definition) is 8. The maximum absolute atomic E-state index is 12.3. The number of aromatic amines is 1. The number of phenols is 1. The lowest BCUT2D eigenvalue weighted by Gasteiger charge is -2.35. The van der Waals surface area contributed by atoms with Crippen LogP contribution in [0.25, 0.3) is 10.9 Å². The summed E-state index contributed by atoms with van der Waals surface area (Å²) in [5.41, 5.74) is 3.02. The summed E-state index contributed by atoms with van der Waals surface area (Å²) in [6.07, 6.45) is 2.03. The molecule has 0 saturated carbocycles. The summed E-state index contributed by atoms with van der Waals surface area (Å²) in [7, 11) is 1.92. The van der Waals surface area contributed by atoms with Crippen molar-refractivity contribution in [2.24, 2.45) is 5.90 Å². The van der Waals surface area contributed by atoms with Crippen LogP contribution in [-0.4, -0.2) is 84.3 Å². The standard InChI is InChI=1S/C20H30N6O4S/c1-22-9-14-13-3-4-16(27)15(19(13)24-20(14)31-2)11-25-5-7-26(8-6-25)18(29)10-23-17(28)12-30-21/h3-4,22,24,27H,5-12,21H2,1-2H3,(H,23,28). The zero-order valence-corrected chi connectivity index (χ0v) is 18.7. The van der Waals surface area contributed by atoms with E-state index in [-0.39, 0.29) is 24.8 Å². The predicted octanol–water partition coefficient (Wildman–Crippen LogP) is -0.0345. The first-order valence-electron chi connectivity index (χ1n) is 10.1.